The zero-order chi connectivity index (χ0) is 9.40. The average Bonchev–Trinajstić information content (AvgIpc) is 2.11. The normalized spacial score (nSPS) is 15.6. The summed E-state index contributed by atoms with van der Waals surface area (Å²) < 4.78 is 5.11. The van der Waals surface area contributed by atoms with E-state index in [4.69, 9.17) is 4.74 Å². The average molecular weight is 172 g/mol. The molecule has 0 aromatic heterocycles. The Balaban J connectivity index is 3.15. The van der Waals surface area contributed by atoms with Crippen LogP contribution < -0.4 is 0 Å². The van der Waals surface area contributed by atoms with E-state index >= 15 is 0 Å². The molecule has 0 fully saturated rings. The number of carbonyl (C=O) groups is 1. The second-order valence-electron chi connectivity index (χ2n) is 3.44. The van der Waals surface area contributed by atoms with Crippen LogP contribution in [-0.4, -0.2) is 19.5 Å². The molecule has 0 saturated carbocycles. The van der Waals surface area contributed by atoms with E-state index < -0.39 is 0 Å². The molecule has 2 nitrogen and oxygen atoms in total. The topological polar surface area (TPSA) is 26.3 Å². The van der Waals surface area contributed by atoms with Crippen LogP contribution in [0, 0.1) is 5.92 Å². The van der Waals surface area contributed by atoms with E-state index in [0.717, 1.165) is 32.0 Å². The lowest BCUT2D eigenvalue weighted by atomic mass is 10.0. The van der Waals surface area contributed by atoms with E-state index in [1.54, 1.807) is 7.11 Å². The van der Waals surface area contributed by atoms with E-state index in [1.165, 1.54) is 0 Å². The van der Waals surface area contributed by atoms with Crippen LogP contribution in [0.3, 0.4) is 0 Å². The van der Waals surface area contributed by atoms with Crippen molar-refractivity contribution < 1.29 is 9.53 Å². The quantitative estimate of drug-likeness (QED) is 0.435. The summed E-state index contributed by atoms with van der Waals surface area (Å²) in [5.74, 6) is 0.225. The van der Waals surface area contributed by atoms with Crippen LogP contribution in [0.15, 0.2) is 0 Å². The predicted molar refractivity (Wildman–Crippen MR) is 50.2 cm³/mol. The molecule has 0 aliphatic heterocycles. The smallest absolute Gasteiger partial charge is 0.122 e. The highest BCUT2D eigenvalue weighted by Crippen LogP contribution is 2.09. The molecule has 0 N–H and O–H groups in total. The lowest BCUT2D eigenvalue weighted by Gasteiger charge is -2.08. The molecule has 0 aliphatic rings. The summed E-state index contributed by atoms with van der Waals surface area (Å²) >= 11 is 0. The summed E-state index contributed by atoms with van der Waals surface area (Å²) in [6.07, 6.45) is 5.79. The maximum atomic E-state index is 10.3. The zero-order valence-electron chi connectivity index (χ0n) is 8.38. The first-order chi connectivity index (χ1) is 5.70. The predicted octanol–water partition coefficient (Wildman–Crippen LogP) is 2.42. The standard InChI is InChI=1S/C10H20O2/c1-9(8-11)6-4-5-7-10(2)12-3/h8-10H,4-7H2,1-3H3. The molecule has 72 valence electrons. The van der Waals surface area contributed by atoms with Crippen LogP contribution in [-0.2, 0) is 9.53 Å². The first kappa shape index (κ1) is 11.6. The number of unbranched alkanes of at least 4 members (excludes halogenated alkanes) is 1. The highest BCUT2D eigenvalue weighted by atomic mass is 16.5. The van der Waals surface area contributed by atoms with Gasteiger partial charge in [0, 0.05) is 13.0 Å². The monoisotopic (exact) mass is 172 g/mol. The summed E-state index contributed by atoms with van der Waals surface area (Å²) in [7, 11) is 1.73. The van der Waals surface area contributed by atoms with Crippen LogP contribution >= 0.6 is 0 Å². The molecule has 12 heavy (non-hydrogen) atoms. The lowest BCUT2D eigenvalue weighted by Crippen LogP contribution is -2.04. The molecule has 2 unspecified atom stereocenters. The Labute approximate surface area is 75.3 Å². The van der Waals surface area contributed by atoms with E-state index in [1.807, 2.05) is 6.92 Å². The van der Waals surface area contributed by atoms with Crippen molar-refractivity contribution in [3.8, 4) is 0 Å². The summed E-state index contributed by atoms with van der Waals surface area (Å²) in [4.78, 5) is 10.3. The summed E-state index contributed by atoms with van der Waals surface area (Å²) in [5.41, 5.74) is 0. The van der Waals surface area contributed by atoms with Gasteiger partial charge < -0.3 is 9.53 Å². The molecule has 0 radical (unpaired) electrons. The van der Waals surface area contributed by atoms with Gasteiger partial charge in [-0.2, -0.15) is 0 Å². The Bertz CT molecular complexity index is 112. The third-order valence-corrected chi connectivity index (χ3v) is 2.15. The van der Waals surface area contributed by atoms with E-state index in [0.29, 0.717) is 6.10 Å². The van der Waals surface area contributed by atoms with Crippen molar-refractivity contribution in [1.29, 1.82) is 0 Å². The Hall–Kier alpha value is -0.370. The number of aldehydes is 1. The molecule has 0 aromatic carbocycles. The fourth-order valence-corrected chi connectivity index (χ4v) is 1.08. The largest absolute Gasteiger partial charge is 0.382 e. The molecule has 0 saturated heterocycles. The summed E-state index contributed by atoms with van der Waals surface area (Å²) in [6.45, 7) is 4.04. The van der Waals surface area contributed by atoms with Gasteiger partial charge in [-0.1, -0.05) is 19.8 Å². The van der Waals surface area contributed by atoms with Gasteiger partial charge in [0.25, 0.3) is 0 Å². The van der Waals surface area contributed by atoms with Crippen LogP contribution in [0.2, 0.25) is 0 Å². The van der Waals surface area contributed by atoms with E-state index in [9.17, 15) is 4.79 Å². The van der Waals surface area contributed by atoms with Crippen LogP contribution in [0.5, 0.6) is 0 Å². The van der Waals surface area contributed by atoms with Crippen LogP contribution in [0.25, 0.3) is 0 Å². The first-order valence-electron chi connectivity index (χ1n) is 4.68. The zero-order valence-corrected chi connectivity index (χ0v) is 8.38. The molecule has 0 rings (SSSR count). The maximum Gasteiger partial charge on any atom is 0.122 e. The SMILES string of the molecule is COC(C)CCCCC(C)C=O. The number of carbonyl (C=O) groups excluding carboxylic acids is 1. The van der Waals surface area contributed by atoms with Gasteiger partial charge in [0.1, 0.15) is 6.29 Å². The summed E-state index contributed by atoms with van der Waals surface area (Å²) in [6, 6.07) is 0. The number of hydrogen-bond acceptors (Lipinski definition) is 2. The Morgan fingerprint density at radius 1 is 1.25 bits per heavy atom. The van der Waals surface area contributed by atoms with Crippen molar-refractivity contribution in [3.63, 3.8) is 0 Å². The molecule has 0 amide bonds. The first-order valence-corrected chi connectivity index (χ1v) is 4.68. The maximum absolute atomic E-state index is 10.3. The van der Waals surface area contributed by atoms with Gasteiger partial charge in [-0.25, -0.2) is 0 Å². The molecule has 0 aromatic rings. The molecule has 0 heterocycles. The number of hydrogen-bond donors (Lipinski definition) is 0. The second kappa shape index (κ2) is 7.29. The highest BCUT2D eigenvalue weighted by Gasteiger charge is 2.01. The Morgan fingerprint density at radius 3 is 2.33 bits per heavy atom. The van der Waals surface area contributed by atoms with Gasteiger partial charge in [0.15, 0.2) is 0 Å². The molecular formula is C10H20O2. The van der Waals surface area contributed by atoms with Gasteiger partial charge in [0.2, 0.25) is 0 Å². The second-order valence-corrected chi connectivity index (χ2v) is 3.44. The molecule has 0 aliphatic carbocycles. The fourth-order valence-electron chi connectivity index (χ4n) is 1.08. The van der Waals surface area contributed by atoms with Crippen LogP contribution in [0.1, 0.15) is 39.5 Å². The number of methoxy groups -OCH3 is 1. The molecule has 2 heteroatoms. The van der Waals surface area contributed by atoms with E-state index in [2.05, 4.69) is 6.92 Å². The van der Waals surface area contributed by atoms with Gasteiger partial charge >= 0.3 is 0 Å². The van der Waals surface area contributed by atoms with Crippen molar-refractivity contribution in [3.05, 3.63) is 0 Å². The molecule has 2 atom stereocenters. The van der Waals surface area contributed by atoms with Gasteiger partial charge in [0.05, 0.1) is 6.10 Å². The minimum Gasteiger partial charge on any atom is -0.382 e. The van der Waals surface area contributed by atoms with Crippen molar-refractivity contribution in [2.75, 3.05) is 7.11 Å². The third-order valence-electron chi connectivity index (χ3n) is 2.15. The number of ether oxygens (including phenoxy) is 1. The van der Waals surface area contributed by atoms with E-state index in [-0.39, 0.29) is 5.92 Å². The van der Waals surface area contributed by atoms with Gasteiger partial charge in [-0.15, -0.1) is 0 Å². The molecule has 0 bridgehead atoms. The van der Waals surface area contributed by atoms with Crippen molar-refractivity contribution in [1.82, 2.24) is 0 Å². The molecule has 0 spiro atoms. The van der Waals surface area contributed by atoms with Gasteiger partial charge in [-0.05, 0) is 19.8 Å². The lowest BCUT2D eigenvalue weighted by molar-refractivity contribution is -0.110. The third kappa shape index (κ3) is 6.35. The minimum absolute atomic E-state index is 0.225. The minimum atomic E-state index is 0.225. The fraction of sp³-hybridized carbons (Fsp3) is 0.900. The van der Waals surface area contributed by atoms with Crippen molar-refractivity contribution >= 4 is 6.29 Å². The van der Waals surface area contributed by atoms with Crippen molar-refractivity contribution in [2.45, 2.75) is 45.6 Å². The van der Waals surface area contributed by atoms with Crippen LogP contribution in [0.4, 0.5) is 0 Å². The Morgan fingerprint density at radius 2 is 1.83 bits per heavy atom. The van der Waals surface area contributed by atoms with Crippen molar-refractivity contribution in [2.24, 2.45) is 5.92 Å². The van der Waals surface area contributed by atoms with Gasteiger partial charge in [-0.3, -0.25) is 0 Å². The summed E-state index contributed by atoms with van der Waals surface area (Å²) in [5, 5.41) is 0. The Kier molecular flexibility index (Phi) is 7.06. The number of rotatable bonds is 7. The molecular weight excluding hydrogens is 152 g/mol. The highest BCUT2D eigenvalue weighted by molar-refractivity contribution is 5.52.